The molecule has 3 atom stereocenters. The molecule has 1 saturated heterocycles. The van der Waals surface area contributed by atoms with Crippen LogP contribution in [0.5, 0.6) is 0 Å². The van der Waals surface area contributed by atoms with Crippen LogP contribution in [-0.4, -0.2) is 46.0 Å². The van der Waals surface area contributed by atoms with Crippen LogP contribution in [0.15, 0.2) is 0 Å². The first-order valence-corrected chi connectivity index (χ1v) is 7.81. The van der Waals surface area contributed by atoms with Crippen molar-refractivity contribution in [3.63, 3.8) is 0 Å². The number of thioether (sulfide) groups is 1. The van der Waals surface area contributed by atoms with Gasteiger partial charge in [-0.1, -0.05) is 13.3 Å². The summed E-state index contributed by atoms with van der Waals surface area (Å²) >= 11 is 1.92. The lowest BCUT2D eigenvalue weighted by Crippen LogP contribution is -2.37. The molecule has 4 nitrogen and oxygen atoms in total. The highest BCUT2D eigenvalue weighted by Crippen LogP contribution is 2.40. The molecule has 0 aromatic carbocycles. The van der Waals surface area contributed by atoms with E-state index in [4.69, 9.17) is 5.11 Å². The van der Waals surface area contributed by atoms with Crippen molar-refractivity contribution in [2.45, 2.75) is 37.9 Å². The molecule has 1 saturated carbocycles. The van der Waals surface area contributed by atoms with Crippen molar-refractivity contribution in [1.29, 1.82) is 0 Å². The predicted octanol–water partition coefficient (Wildman–Crippen LogP) is 1.84. The van der Waals surface area contributed by atoms with Gasteiger partial charge in [-0.05, 0) is 25.0 Å². The molecule has 3 unspecified atom stereocenters. The zero-order chi connectivity index (χ0) is 13.1. The maximum Gasteiger partial charge on any atom is 0.307 e. The first-order chi connectivity index (χ1) is 8.63. The maximum absolute atomic E-state index is 12.2. The number of hydrogen-bond acceptors (Lipinski definition) is 3. The zero-order valence-electron chi connectivity index (χ0n) is 10.8. The summed E-state index contributed by atoms with van der Waals surface area (Å²) in [5, 5.41) is 9.42. The van der Waals surface area contributed by atoms with Gasteiger partial charge in [-0.15, -0.1) is 0 Å². The lowest BCUT2D eigenvalue weighted by molar-refractivity contribution is -0.141. The Kier molecular flexibility index (Phi) is 4.54. The van der Waals surface area contributed by atoms with Gasteiger partial charge < -0.3 is 10.0 Å². The molecule has 0 aromatic rings. The topological polar surface area (TPSA) is 57.6 Å². The Balaban J connectivity index is 1.90. The number of carboxylic acid groups (broad SMARTS) is 1. The molecule has 2 fully saturated rings. The molecule has 2 rings (SSSR count). The van der Waals surface area contributed by atoms with E-state index in [2.05, 4.69) is 6.92 Å². The molecule has 1 amide bonds. The molecule has 2 aliphatic rings. The van der Waals surface area contributed by atoms with Crippen LogP contribution in [0.1, 0.15) is 32.6 Å². The summed E-state index contributed by atoms with van der Waals surface area (Å²) in [5.74, 6) is -0.326. The third-order valence-electron chi connectivity index (χ3n) is 3.77. The van der Waals surface area contributed by atoms with E-state index in [-0.39, 0.29) is 11.8 Å². The van der Waals surface area contributed by atoms with Crippen molar-refractivity contribution in [3.05, 3.63) is 0 Å². The number of rotatable bonds is 4. The fraction of sp³-hybridized carbons (Fsp3) is 0.846. The van der Waals surface area contributed by atoms with Crippen molar-refractivity contribution < 1.29 is 14.7 Å². The fourth-order valence-corrected chi connectivity index (χ4v) is 3.74. The standard InChI is InChI=1S/C13H21NO3S/c1-2-18-9-5-3-4-6-14(8-9)12(15)10-7-11(10)13(16)17/h9-11H,2-8H2,1H3,(H,16,17). The van der Waals surface area contributed by atoms with Gasteiger partial charge in [0, 0.05) is 18.3 Å². The van der Waals surface area contributed by atoms with E-state index in [1.165, 1.54) is 12.8 Å². The van der Waals surface area contributed by atoms with Gasteiger partial charge in [0.15, 0.2) is 0 Å². The van der Waals surface area contributed by atoms with Crippen LogP contribution in [0, 0.1) is 11.8 Å². The molecule has 5 heteroatoms. The molecule has 0 aromatic heterocycles. The average molecular weight is 271 g/mol. The molecule has 18 heavy (non-hydrogen) atoms. The van der Waals surface area contributed by atoms with Crippen LogP contribution in [0.4, 0.5) is 0 Å². The number of aliphatic carboxylic acids is 1. The van der Waals surface area contributed by atoms with E-state index in [0.29, 0.717) is 11.7 Å². The van der Waals surface area contributed by atoms with E-state index in [1.54, 1.807) is 0 Å². The maximum atomic E-state index is 12.2. The van der Waals surface area contributed by atoms with Gasteiger partial charge in [0.25, 0.3) is 0 Å². The highest BCUT2D eigenvalue weighted by atomic mass is 32.2. The van der Waals surface area contributed by atoms with E-state index in [0.717, 1.165) is 25.3 Å². The number of nitrogens with zero attached hydrogens (tertiary/aromatic N) is 1. The summed E-state index contributed by atoms with van der Waals surface area (Å²) in [6.45, 7) is 3.76. The quantitative estimate of drug-likeness (QED) is 0.847. The minimum absolute atomic E-state index is 0.0750. The molecular weight excluding hydrogens is 250 g/mol. The van der Waals surface area contributed by atoms with Crippen molar-refractivity contribution in [1.82, 2.24) is 4.90 Å². The zero-order valence-corrected chi connectivity index (χ0v) is 11.6. The highest BCUT2D eigenvalue weighted by molar-refractivity contribution is 7.99. The lowest BCUT2D eigenvalue weighted by atomic mass is 10.2. The molecule has 0 bridgehead atoms. The summed E-state index contributed by atoms with van der Waals surface area (Å²) in [6, 6.07) is 0. The van der Waals surface area contributed by atoms with Crippen LogP contribution in [0.25, 0.3) is 0 Å². The Labute approximate surface area is 112 Å². The SMILES string of the molecule is CCSC1CCCCN(C(=O)C2CC2C(=O)O)C1. The van der Waals surface area contributed by atoms with E-state index in [9.17, 15) is 9.59 Å². The average Bonchev–Trinajstić information content (AvgIpc) is 3.12. The Morgan fingerprint density at radius 2 is 2.11 bits per heavy atom. The Morgan fingerprint density at radius 3 is 2.72 bits per heavy atom. The summed E-state index contributed by atoms with van der Waals surface area (Å²) in [4.78, 5) is 25.0. The van der Waals surface area contributed by atoms with Gasteiger partial charge in [0.2, 0.25) is 5.91 Å². The number of hydrogen-bond donors (Lipinski definition) is 1. The Hall–Kier alpha value is -0.710. The first-order valence-electron chi connectivity index (χ1n) is 6.76. The molecule has 102 valence electrons. The van der Waals surface area contributed by atoms with Gasteiger partial charge in [-0.25, -0.2) is 0 Å². The van der Waals surface area contributed by atoms with Crippen LogP contribution in [-0.2, 0) is 9.59 Å². The largest absolute Gasteiger partial charge is 0.481 e. The van der Waals surface area contributed by atoms with E-state index in [1.807, 2.05) is 16.7 Å². The van der Waals surface area contributed by atoms with Gasteiger partial charge in [-0.2, -0.15) is 11.8 Å². The van der Waals surface area contributed by atoms with Gasteiger partial charge in [0.1, 0.15) is 0 Å². The molecule has 1 aliphatic heterocycles. The van der Waals surface area contributed by atoms with E-state index >= 15 is 0 Å². The normalized spacial score (nSPS) is 31.8. The Morgan fingerprint density at radius 1 is 1.33 bits per heavy atom. The van der Waals surface area contributed by atoms with E-state index < -0.39 is 11.9 Å². The molecular formula is C13H21NO3S. The fourth-order valence-electron chi connectivity index (χ4n) is 2.65. The molecule has 0 radical (unpaired) electrons. The minimum atomic E-state index is -0.817. The third kappa shape index (κ3) is 3.19. The van der Waals surface area contributed by atoms with Crippen LogP contribution in [0.3, 0.4) is 0 Å². The second kappa shape index (κ2) is 5.95. The predicted molar refractivity (Wildman–Crippen MR) is 71.6 cm³/mol. The molecule has 1 N–H and O–H groups in total. The van der Waals surface area contributed by atoms with Crippen molar-refractivity contribution in [2.75, 3.05) is 18.8 Å². The van der Waals surface area contributed by atoms with Crippen molar-refractivity contribution >= 4 is 23.6 Å². The smallest absolute Gasteiger partial charge is 0.307 e. The lowest BCUT2D eigenvalue weighted by Gasteiger charge is -2.24. The third-order valence-corrected chi connectivity index (χ3v) is 4.96. The van der Waals surface area contributed by atoms with Gasteiger partial charge >= 0.3 is 5.97 Å². The number of amides is 1. The van der Waals surface area contributed by atoms with Gasteiger partial charge in [-0.3, -0.25) is 9.59 Å². The Bertz CT molecular complexity index is 334. The second-order valence-electron chi connectivity index (χ2n) is 5.14. The molecule has 0 spiro atoms. The van der Waals surface area contributed by atoms with Crippen molar-refractivity contribution in [2.24, 2.45) is 11.8 Å². The summed E-state index contributed by atoms with van der Waals surface area (Å²) < 4.78 is 0. The van der Waals surface area contributed by atoms with Crippen LogP contribution >= 0.6 is 11.8 Å². The summed E-state index contributed by atoms with van der Waals surface area (Å²) in [5.41, 5.74) is 0. The number of carbonyl (C=O) groups is 2. The summed E-state index contributed by atoms with van der Waals surface area (Å²) in [7, 11) is 0. The second-order valence-corrected chi connectivity index (χ2v) is 6.72. The van der Waals surface area contributed by atoms with Gasteiger partial charge in [0.05, 0.1) is 11.8 Å². The first kappa shape index (κ1) is 13.7. The van der Waals surface area contributed by atoms with Crippen molar-refractivity contribution in [3.8, 4) is 0 Å². The molecule has 1 aliphatic carbocycles. The van der Waals surface area contributed by atoms with Crippen LogP contribution < -0.4 is 0 Å². The number of carbonyl (C=O) groups excluding carboxylic acids is 1. The molecule has 1 heterocycles. The number of carboxylic acids is 1. The van der Waals surface area contributed by atoms with Crippen LogP contribution in [0.2, 0.25) is 0 Å². The minimum Gasteiger partial charge on any atom is -0.481 e. The number of likely N-dealkylation sites (tertiary alicyclic amines) is 1. The highest BCUT2D eigenvalue weighted by Gasteiger charge is 2.49. The summed E-state index contributed by atoms with van der Waals surface area (Å²) in [6.07, 6.45) is 3.94. The monoisotopic (exact) mass is 271 g/mol.